The largest absolute Gasteiger partial charge is 0.426 e. The van der Waals surface area contributed by atoms with Crippen molar-refractivity contribution in [3.8, 4) is 0 Å². The molecule has 1 fully saturated rings. The molecule has 2 aromatic carbocycles. The van der Waals surface area contributed by atoms with Gasteiger partial charge in [-0.05, 0) is 79.1 Å². The molecule has 39 heavy (non-hydrogen) atoms. The van der Waals surface area contributed by atoms with Crippen molar-refractivity contribution < 1.29 is 22.4 Å². The molecule has 0 spiro atoms. The number of carbonyl (C=O) groups is 1. The van der Waals surface area contributed by atoms with E-state index in [2.05, 4.69) is 4.98 Å². The van der Waals surface area contributed by atoms with E-state index in [-0.39, 0.29) is 11.9 Å². The maximum Gasteiger partial charge on any atom is 0.426 e. The van der Waals surface area contributed by atoms with Gasteiger partial charge in [0.1, 0.15) is 0 Å². The van der Waals surface area contributed by atoms with E-state index in [4.69, 9.17) is 11.6 Å². The summed E-state index contributed by atoms with van der Waals surface area (Å²) < 4.78 is 57.2. The smallest absolute Gasteiger partial charge is 0.335 e. The minimum atomic E-state index is -5.02. The molecule has 1 amide bonds. The molecule has 0 radical (unpaired) electrons. The monoisotopic (exact) mass is 555 g/mol. The topological polar surface area (TPSA) is 37.6 Å². The minimum Gasteiger partial charge on any atom is -0.335 e. The van der Waals surface area contributed by atoms with Crippen molar-refractivity contribution in [1.29, 1.82) is 0 Å². The molecule has 0 saturated carbocycles. The molecule has 0 N–H and O–H groups in total. The van der Waals surface area contributed by atoms with Crippen molar-refractivity contribution in [1.82, 2.24) is 14.3 Å². The predicted octanol–water partition coefficient (Wildman–Crippen LogP) is 7.08. The summed E-state index contributed by atoms with van der Waals surface area (Å²) in [5.41, 5.74) is -0.343. The molecule has 9 heteroatoms. The molecule has 2 aromatic heterocycles. The van der Waals surface area contributed by atoms with Gasteiger partial charge >= 0.3 is 6.18 Å². The van der Waals surface area contributed by atoms with E-state index in [9.17, 15) is 22.4 Å². The second-order valence-electron chi connectivity index (χ2n) is 10.8. The van der Waals surface area contributed by atoms with Crippen LogP contribution in [0.1, 0.15) is 52.4 Å². The van der Waals surface area contributed by atoms with Crippen LogP contribution >= 0.6 is 11.6 Å². The van der Waals surface area contributed by atoms with Crippen molar-refractivity contribution in [2.45, 2.75) is 55.9 Å². The highest BCUT2D eigenvalue weighted by Gasteiger charge is 2.55. The number of hydrogen-bond acceptors (Lipinski definition) is 2. The summed E-state index contributed by atoms with van der Waals surface area (Å²) in [6.45, 7) is 1.07. The van der Waals surface area contributed by atoms with Gasteiger partial charge in [0.15, 0.2) is 0 Å². The number of fused-ring (bicyclic) bond motifs is 4. The van der Waals surface area contributed by atoms with E-state index >= 15 is 0 Å². The Bertz CT molecular complexity index is 1560. The summed E-state index contributed by atoms with van der Waals surface area (Å²) in [5.74, 6) is -0.0953. The average Bonchev–Trinajstić information content (AvgIpc) is 3.53. The quantitative estimate of drug-likeness (QED) is 0.252. The van der Waals surface area contributed by atoms with E-state index in [1.165, 1.54) is 12.1 Å². The molecular formula is C30H26ClF4N3O. The number of nitrogens with zero attached hydrogens (tertiary/aromatic N) is 3. The SMILES string of the molecule is CC(F)(c1ccc2c(c1)CCC1N(C(=O)c3ccc4cncn4c3)CCC21Cc1ccc(Cl)cc1)C(F)(F)F. The molecule has 3 heterocycles. The first kappa shape index (κ1) is 25.9. The zero-order chi connectivity index (χ0) is 27.6. The summed E-state index contributed by atoms with van der Waals surface area (Å²) in [4.78, 5) is 19.8. The van der Waals surface area contributed by atoms with Crippen LogP contribution in [0, 0.1) is 0 Å². The van der Waals surface area contributed by atoms with Crippen molar-refractivity contribution in [3.05, 3.63) is 106 Å². The van der Waals surface area contributed by atoms with Crippen molar-refractivity contribution in [3.63, 3.8) is 0 Å². The van der Waals surface area contributed by atoms with Crippen LogP contribution in [0.5, 0.6) is 0 Å². The first-order chi connectivity index (χ1) is 18.5. The Hall–Kier alpha value is -3.39. The number of hydrogen-bond donors (Lipinski definition) is 0. The Morgan fingerprint density at radius 3 is 2.62 bits per heavy atom. The highest BCUT2D eigenvalue weighted by atomic mass is 35.5. The molecule has 2 aliphatic rings. The zero-order valence-corrected chi connectivity index (χ0v) is 21.9. The Morgan fingerprint density at radius 2 is 1.87 bits per heavy atom. The molecule has 1 aliphatic carbocycles. The second-order valence-corrected chi connectivity index (χ2v) is 11.2. The van der Waals surface area contributed by atoms with Crippen LogP contribution < -0.4 is 0 Å². The van der Waals surface area contributed by atoms with Gasteiger partial charge in [-0.3, -0.25) is 4.79 Å². The number of halogens is 5. The molecule has 6 rings (SSSR count). The Labute approximate surface area is 228 Å². The first-order valence-corrected chi connectivity index (χ1v) is 13.2. The van der Waals surface area contributed by atoms with Crippen LogP contribution in [0.3, 0.4) is 0 Å². The fourth-order valence-corrected chi connectivity index (χ4v) is 6.57. The van der Waals surface area contributed by atoms with Crippen LogP contribution in [0.15, 0.2) is 73.3 Å². The number of benzene rings is 2. The lowest BCUT2D eigenvalue weighted by molar-refractivity contribution is -0.228. The second kappa shape index (κ2) is 9.08. The van der Waals surface area contributed by atoms with Gasteiger partial charge in [-0.25, -0.2) is 9.37 Å². The van der Waals surface area contributed by atoms with Gasteiger partial charge in [0.25, 0.3) is 5.91 Å². The van der Waals surface area contributed by atoms with Crippen molar-refractivity contribution in [2.75, 3.05) is 6.54 Å². The Balaban J connectivity index is 1.42. The summed E-state index contributed by atoms with van der Waals surface area (Å²) >= 11 is 6.12. The number of pyridine rings is 1. The highest BCUT2D eigenvalue weighted by molar-refractivity contribution is 6.30. The van der Waals surface area contributed by atoms with Gasteiger partial charge in [-0.2, -0.15) is 13.2 Å². The lowest BCUT2D eigenvalue weighted by Gasteiger charge is -2.44. The molecule has 1 saturated heterocycles. The van der Waals surface area contributed by atoms with E-state index in [1.807, 2.05) is 35.2 Å². The number of rotatable bonds is 4. The fourth-order valence-electron chi connectivity index (χ4n) is 6.44. The van der Waals surface area contributed by atoms with E-state index < -0.39 is 22.8 Å². The first-order valence-electron chi connectivity index (χ1n) is 12.9. The maximum absolute atomic E-state index is 14.9. The van der Waals surface area contributed by atoms with Gasteiger partial charge in [0, 0.05) is 29.2 Å². The number of aromatic nitrogens is 2. The number of imidazole rings is 1. The number of amides is 1. The third kappa shape index (κ3) is 4.20. The predicted molar refractivity (Wildman–Crippen MR) is 141 cm³/mol. The number of aryl methyl sites for hydroxylation is 1. The Kier molecular flexibility index (Phi) is 6.02. The number of likely N-dealkylation sites (tertiary alicyclic amines) is 1. The lowest BCUT2D eigenvalue weighted by atomic mass is 9.63. The van der Waals surface area contributed by atoms with Crippen molar-refractivity contribution >= 4 is 23.0 Å². The van der Waals surface area contributed by atoms with Gasteiger partial charge in [-0.15, -0.1) is 0 Å². The van der Waals surface area contributed by atoms with Crippen LogP contribution in [0.2, 0.25) is 5.02 Å². The highest BCUT2D eigenvalue weighted by Crippen LogP contribution is 2.51. The third-order valence-electron chi connectivity index (χ3n) is 8.56. The number of alkyl halides is 4. The van der Waals surface area contributed by atoms with E-state index in [0.29, 0.717) is 55.3 Å². The van der Waals surface area contributed by atoms with Gasteiger partial charge in [0.05, 0.1) is 23.6 Å². The molecule has 3 atom stereocenters. The molecule has 3 unspecified atom stereocenters. The lowest BCUT2D eigenvalue weighted by Crippen LogP contribution is -2.49. The maximum atomic E-state index is 14.9. The summed E-state index contributed by atoms with van der Waals surface area (Å²) in [6, 6.07) is 15.3. The van der Waals surface area contributed by atoms with Gasteiger partial charge < -0.3 is 9.30 Å². The normalized spacial score (nSPS) is 22.4. The van der Waals surface area contributed by atoms with Gasteiger partial charge in [-0.1, -0.05) is 41.9 Å². The molecule has 4 aromatic rings. The van der Waals surface area contributed by atoms with Crippen molar-refractivity contribution in [2.24, 2.45) is 0 Å². The standard InChI is InChI=1S/C30H26ClF4N3O/c1-28(32,30(33,34)35)22-6-10-25-20(14-22)5-11-26-29(25,15-19-2-7-23(31)8-3-19)12-13-38(26)27(39)21-4-9-24-16-36-18-37(24)17-21/h2-4,6-10,14,16-18,26H,5,11-13,15H2,1H3. The fraction of sp³-hybridized carbons (Fsp3) is 0.333. The molecule has 4 nitrogen and oxygen atoms in total. The minimum absolute atomic E-state index is 0.0953. The average molecular weight is 556 g/mol. The molecule has 0 bridgehead atoms. The van der Waals surface area contributed by atoms with Gasteiger partial charge in [0.2, 0.25) is 5.67 Å². The van der Waals surface area contributed by atoms with Crippen LogP contribution in [0.4, 0.5) is 17.6 Å². The number of carbonyl (C=O) groups excluding carboxylic acids is 1. The molecule has 202 valence electrons. The van der Waals surface area contributed by atoms with Crippen LogP contribution in [-0.2, 0) is 23.9 Å². The van der Waals surface area contributed by atoms with E-state index in [0.717, 1.165) is 16.6 Å². The summed E-state index contributed by atoms with van der Waals surface area (Å²) in [6.07, 6.45) is 2.35. The zero-order valence-electron chi connectivity index (χ0n) is 21.2. The molecular weight excluding hydrogens is 530 g/mol. The van der Waals surface area contributed by atoms with Crippen LogP contribution in [-0.4, -0.2) is 39.0 Å². The van der Waals surface area contributed by atoms with Crippen LogP contribution in [0.25, 0.3) is 5.52 Å². The summed E-state index contributed by atoms with van der Waals surface area (Å²) in [7, 11) is 0. The summed E-state index contributed by atoms with van der Waals surface area (Å²) in [5, 5.41) is 0.606. The Morgan fingerprint density at radius 1 is 1.10 bits per heavy atom. The third-order valence-corrected chi connectivity index (χ3v) is 8.82. The van der Waals surface area contributed by atoms with E-state index in [1.54, 1.807) is 35.3 Å². The molecule has 1 aliphatic heterocycles.